The van der Waals surface area contributed by atoms with Crippen molar-refractivity contribution >= 4 is 28.8 Å². The summed E-state index contributed by atoms with van der Waals surface area (Å²) in [5, 5.41) is 0.668. The first kappa shape index (κ1) is 11.3. The molecule has 14 heavy (non-hydrogen) atoms. The Labute approximate surface area is 94.0 Å². The van der Waals surface area contributed by atoms with Crippen molar-refractivity contribution in [1.82, 2.24) is 0 Å². The largest absolute Gasteiger partial charge is 0.493 e. The Kier molecular flexibility index (Phi) is 4.17. The Morgan fingerprint density at radius 2 is 2.29 bits per heavy atom. The highest BCUT2D eigenvalue weighted by atomic mass is 35.5. The van der Waals surface area contributed by atoms with E-state index in [0.717, 1.165) is 11.3 Å². The minimum Gasteiger partial charge on any atom is -0.493 e. The summed E-state index contributed by atoms with van der Waals surface area (Å²) in [6, 6.07) is 5.53. The van der Waals surface area contributed by atoms with E-state index in [-0.39, 0.29) is 0 Å². The highest BCUT2D eigenvalue weighted by Gasteiger charge is 2.00. The Morgan fingerprint density at radius 3 is 2.93 bits per heavy atom. The van der Waals surface area contributed by atoms with Crippen molar-refractivity contribution in [3.63, 3.8) is 0 Å². The molecular formula is C10H12ClNOS. The van der Waals surface area contributed by atoms with E-state index in [4.69, 9.17) is 34.3 Å². The zero-order valence-electron chi connectivity index (χ0n) is 7.92. The average molecular weight is 230 g/mol. The standard InChI is InChI=1S/C10H12ClNOS/c1-7-2-3-8(11)6-9(7)13-5-4-10(12)14/h2-3,6H,4-5H2,1H3,(H2,12,14). The first-order chi connectivity index (χ1) is 6.59. The van der Waals surface area contributed by atoms with Gasteiger partial charge in [0.1, 0.15) is 5.75 Å². The van der Waals surface area contributed by atoms with Crippen molar-refractivity contribution < 1.29 is 4.74 Å². The van der Waals surface area contributed by atoms with Gasteiger partial charge in [-0.05, 0) is 24.6 Å². The van der Waals surface area contributed by atoms with Crippen LogP contribution in [0.15, 0.2) is 18.2 Å². The maximum Gasteiger partial charge on any atom is 0.123 e. The monoisotopic (exact) mass is 229 g/mol. The molecule has 76 valence electrons. The molecule has 1 aromatic rings. The lowest BCUT2D eigenvalue weighted by atomic mass is 10.2. The number of rotatable bonds is 4. The van der Waals surface area contributed by atoms with Gasteiger partial charge in [0, 0.05) is 11.4 Å². The first-order valence-electron chi connectivity index (χ1n) is 4.27. The number of halogens is 1. The van der Waals surface area contributed by atoms with Crippen LogP contribution in [0.1, 0.15) is 12.0 Å². The lowest BCUT2D eigenvalue weighted by Gasteiger charge is -2.08. The predicted octanol–water partition coefficient (Wildman–Crippen LogP) is 2.70. The van der Waals surface area contributed by atoms with Gasteiger partial charge in [-0.15, -0.1) is 0 Å². The van der Waals surface area contributed by atoms with E-state index in [1.165, 1.54) is 0 Å². The van der Waals surface area contributed by atoms with Gasteiger partial charge in [0.05, 0.1) is 11.6 Å². The fraction of sp³-hybridized carbons (Fsp3) is 0.300. The van der Waals surface area contributed by atoms with Crippen LogP contribution in [0.3, 0.4) is 0 Å². The van der Waals surface area contributed by atoms with E-state index in [9.17, 15) is 0 Å². The molecule has 1 aromatic carbocycles. The van der Waals surface area contributed by atoms with Gasteiger partial charge in [0.2, 0.25) is 0 Å². The molecule has 0 aromatic heterocycles. The number of nitrogens with two attached hydrogens (primary N) is 1. The average Bonchev–Trinajstić information content (AvgIpc) is 2.10. The van der Waals surface area contributed by atoms with Crippen LogP contribution in [0.4, 0.5) is 0 Å². The third-order valence-electron chi connectivity index (χ3n) is 1.76. The van der Waals surface area contributed by atoms with Crippen LogP contribution < -0.4 is 10.5 Å². The number of ether oxygens (including phenoxy) is 1. The van der Waals surface area contributed by atoms with Crippen molar-refractivity contribution in [2.45, 2.75) is 13.3 Å². The van der Waals surface area contributed by atoms with Crippen LogP contribution in [0, 0.1) is 6.92 Å². The molecule has 0 spiro atoms. The normalized spacial score (nSPS) is 9.86. The Hall–Kier alpha value is -0.800. The second-order valence-electron chi connectivity index (χ2n) is 2.97. The SMILES string of the molecule is Cc1ccc(Cl)cc1OCCC(N)=S. The quantitative estimate of drug-likeness (QED) is 0.807. The molecule has 0 aliphatic rings. The molecule has 0 saturated carbocycles. The zero-order chi connectivity index (χ0) is 10.6. The highest BCUT2D eigenvalue weighted by molar-refractivity contribution is 7.80. The maximum absolute atomic E-state index is 5.83. The molecule has 0 radical (unpaired) electrons. The van der Waals surface area contributed by atoms with E-state index < -0.39 is 0 Å². The molecular weight excluding hydrogens is 218 g/mol. The number of hydrogen-bond donors (Lipinski definition) is 1. The summed E-state index contributed by atoms with van der Waals surface area (Å²) in [5.74, 6) is 0.786. The van der Waals surface area contributed by atoms with Crippen molar-refractivity contribution in [2.24, 2.45) is 5.73 Å². The fourth-order valence-corrected chi connectivity index (χ4v) is 1.24. The number of benzene rings is 1. The first-order valence-corrected chi connectivity index (χ1v) is 5.05. The minimum absolute atomic E-state index is 0.463. The molecule has 1 rings (SSSR count). The summed E-state index contributed by atoms with van der Waals surface area (Å²) in [5.41, 5.74) is 6.40. The van der Waals surface area contributed by atoms with Crippen LogP contribution in [0.5, 0.6) is 5.75 Å². The molecule has 0 unspecified atom stereocenters. The minimum atomic E-state index is 0.463. The van der Waals surface area contributed by atoms with Crippen molar-refractivity contribution in [1.29, 1.82) is 0 Å². The van der Waals surface area contributed by atoms with Crippen LogP contribution in [-0.4, -0.2) is 11.6 Å². The Balaban J connectivity index is 2.57. The van der Waals surface area contributed by atoms with Crippen LogP contribution >= 0.6 is 23.8 Å². The third-order valence-corrected chi connectivity index (χ3v) is 2.20. The van der Waals surface area contributed by atoms with Gasteiger partial charge in [0.15, 0.2) is 0 Å². The number of thiocarbonyl (C=S) groups is 1. The topological polar surface area (TPSA) is 35.2 Å². The summed E-state index contributed by atoms with van der Waals surface area (Å²) >= 11 is 10.6. The van der Waals surface area contributed by atoms with Crippen LogP contribution in [-0.2, 0) is 0 Å². The second kappa shape index (κ2) is 5.17. The molecule has 0 heterocycles. The summed E-state index contributed by atoms with van der Waals surface area (Å²) in [6.45, 7) is 2.46. The Bertz CT molecular complexity index is 341. The lowest BCUT2D eigenvalue weighted by molar-refractivity contribution is 0.327. The van der Waals surface area contributed by atoms with Gasteiger partial charge in [-0.2, -0.15) is 0 Å². The van der Waals surface area contributed by atoms with Gasteiger partial charge >= 0.3 is 0 Å². The maximum atomic E-state index is 5.83. The summed E-state index contributed by atoms with van der Waals surface area (Å²) in [4.78, 5) is 0.463. The van der Waals surface area contributed by atoms with Gasteiger partial charge in [-0.1, -0.05) is 29.9 Å². The number of aryl methyl sites for hydroxylation is 1. The summed E-state index contributed by atoms with van der Waals surface area (Å²) in [6.07, 6.45) is 0.585. The predicted molar refractivity (Wildman–Crippen MR) is 63.1 cm³/mol. The number of hydrogen-bond acceptors (Lipinski definition) is 2. The van der Waals surface area contributed by atoms with Gasteiger partial charge in [0.25, 0.3) is 0 Å². The molecule has 0 bridgehead atoms. The third kappa shape index (κ3) is 3.52. The Morgan fingerprint density at radius 1 is 1.57 bits per heavy atom. The zero-order valence-corrected chi connectivity index (χ0v) is 9.49. The summed E-state index contributed by atoms with van der Waals surface area (Å²) < 4.78 is 5.48. The van der Waals surface area contributed by atoms with Gasteiger partial charge in [-0.3, -0.25) is 0 Å². The van der Waals surface area contributed by atoms with E-state index >= 15 is 0 Å². The van der Waals surface area contributed by atoms with Gasteiger partial charge in [-0.25, -0.2) is 0 Å². The van der Waals surface area contributed by atoms with Crippen LogP contribution in [0.2, 0.25) is 5.02 Å². The highest BCUT2D eigenvalue weighted by Crippen LogP contribution is 2.22. The van der Waals surface area contributed by atoms with E-state index in [1.54, 1.807) is 6.07 Å². The van der Waals surface area contributed by atoms with E-state index in [2.05, 4.69) is 0 Å². The molecule has 0 amide bonds. The van der Waals surface area contributed by atoms with Crippen molar-refractivity contribution in [3.8, 4) is 5.75 Å². The second-order valence-corrected chi connectivity index (χ2v) is 3.94. The molecule has 2 nitrogen and oxygen atoms in total. The smallest absolute Gasteiger partial charge is 0.123 e. The lowest BCUT2D eigenvalue weighted by Crippen LogP contribution is -2.12. The fourth-order valence-electron chi connectivity index (χ4n) is 0.991. The molecule has 0 fully saturated rings. The van der Waals surface area contributed by atoms with Gasteiger partial charge < -0.3 is 10.5 Å². The van der Waals surface area contributed by atoms with Crippen molar-refractivity contribution in [3.05, 3.63) is 28.8 Å². The summed E-state index contributed by atoms with van der Waals surface area (Å²) in [7, 11) is 0. The van der Waals surface area contributed by atoms with E-state index in [0.29, 0.717) is 23.0 Å². The molecule has 4 heteroatoms. The van der Waals surface area contributed by atoms with Crippen LogP contribution in [0.25, 0.3) is 0 Å². The molecule has 0 saturated heterocycles. The molecule has 2 N–H and O–H groups in total. The molecule has 0 atom stereocenters. The molecule has 0 aliphatic carbocycles. The van der Waals surface area contributed by atoms with Crippen molar-refractivity contribution in [2.75, 3.05) is 6.61 Å². The van der Waals surface area contributed by atoms with E-state index in [1.807, 2.05) is 19.1 Å². The molecule has 0 aliphatic heterocycles.